The summed E-state index contributed by atoms with van der Waals surface area (Å²) in [6.45, 7) is 8.91. The van der Waals surface area contributed by atoms with E-state index in [-0.39, 0.29) is 12.2 Å². The Labute approximate surface area is 212 Å². The molecule has 2 heterocycles. The predicted octanol–water partition coefficient (Wildman–Crippen LogP) is 6.50. The van der Waals surface area contributed by atoms with Crippen molar-refractivity contribution in [2.75, 3.05) is 29.9 Å². The van der Waals surface area contributed by atoms with Gasteiger partial charge >= 0.3 is 6.18 Å². The number of aromatic nitrogens is 3. The first-order chi connectivity index (χ1) is 17.1. The number of aliphatic hydroxyl groups is 1. The van der Waals surface area contributed by atoms with Crippen molar-refractivity contribution in [2.45, 2.75) is 33.9 Å². The molecule has 2 aromatic carbocycles. The molecule has 0 saturated carbocycles. The van der Waals surface area contributed by atoms with Crippen LogP contribution in [0, 0.1) is 20.8 Å². The summed E-state index contributed by atoms with van der Waals surface area (Å²) in [5, 5.41) is 13.1. The van der Waals surface area contributed by atoms with E-state index in [1.807, 2.05) is 32.0 Å². The van der Waals surface area contributed by atoms with Gasteiger partial charge in [0.25, 0.3) is 0 Å². The van der Waals surface area contributed by atoms with Crippen LogP contribution in [0.4, 0.5) is 29.7 Å². The van der Waals surface area contributed by atoms with Gasteiger partial charge in [-0.15, -0.1) is 11.3 Å². The molecule has 0 fully saturated rings. The van der Waals surface area contributed by atoms with Crippen LogP contribution in [0.2, 0.25) is 0 Å². The number of anilines is 3. The monoisotopic (exact) mass is 515 g/mol. The fourth-order valence-electron chi connectivity index (χ4n) is 4.09. The molecule has 2 aromatic heterocycles. The highest BCUT2D eigenvalue weighted by Crippen LogP contribution is 2.41. The predicted molar refractivity (Wildman–Crippen MR) is 139 cm³/mol. The van der Waals surface area contributed by atoms with Crippen molar-refractivity contribution >= 4 is 27.8 Å². The smallest absolute Gasteiger partial charge is 0.395 e. The Kier molecular flexibility index (Phi) is 7.37. The minimum absolute atomic E-state index is 0.0412. The SMILES string of the molecule is CCN(CCO)c1ccc(Nc2nc(-c3ccc(-n4cnc(C)c4)cc3C(F)(F)F)c(C)s2)c(C)c1. The molecule has 0 radical (unpaired) electrons. The maximum absolute atomic E-state index is 14.1. The molecular formula is C26H28F3N5OS. The molecule has 0 bridgehead atoms. The molecular weight excluding hydrogens is 487 g/mol. The fraction of sp³-hybridized carbons (Fsp3) is 0.308. The number of aryl methyl sites for hydroxylation is 3. The average molecular weight is 516 g/mol. The largest absolute Gasteiger partial charge is 0.417 e. The summed E-state index contributed by atoms with van der Waals surface area (Å²) in [7, 11) is 0. The fourth-order valence-corrected chi connectivity index (χ4v) is 4.93. The van der Waals surface area contributed by atoms with Crippen LogP contribution in [-0.4, -0.2) is 39.3 Å². The zero-order chi connectivity index (χ0) is 26.0. The van der Waals surface area contributed by atoms with Crippen molar-refractivity contribution in [3.05, 3.63) is 70.6 Å². The molecule has 0 unspecified atom stereocenters. The van der Waals surface area contributed by atoms with Crippen molar-refractivity contribution in [2.24, 2.45) is 0 Å². The Hall–Kier alpha value is -3.37. The van der Waals surface area contributed by atoms with E-state index in [0.29, 0.717) is 27.9 Å². The number of thiazole rings is 1. The highest BCUT2D eigenvalue weighted by Gasteiger charge is 2.35. The summed E-state index contributed by atoms with van der Waals surface area (Å²) < 4.78 is 43.8. The topological polar surface area (TPSA) is 66.2 Å². The molecule has 0 amide bonds. The number of aliphatic hydroxyl groups excluding tert-OH is 1. The van der Waals surface area contributed by atoms with Crippen molar-refractivity contribution < 1.29 is 18.3 Å². The van der Waals surface area contributed by atoms with Crippen LogP contribution in [0.15, 0.2) is 48.9 Å². The van der Waals surface area contributed by atoms with Crippen LogP contribution in [0.25, 0.3) is 16.9 Å². The van der Waals surface area contributed by atoms with Gasteiger partial charge in [0, 0.05) is 46.8 Å². The van der Waals surface area contributed by atoms with Crippen molar-refractivity contribution in [3.63, 3.8) is 0 Å². The number of nitrogens with zero attached hydrogens (tertiary/aromatic N) is 4. The first kappa shape index (κ1) is 25.7. The third-order valence-corrected chi connectivity index (χ3v) is 6.82. The Morgan fingerprint density at radius 1 is 1.11 bits per heavy atom. The molecule has 0 saturated heterocycles. The molecule has 0 aliphatic heterocycles. The molecule has 0 aliphatic rings. The first-order valence-electron chi connectivity index (χ1n) is 11.5. The molecule has 0 aliphatic carbocycles. The van der Waals surface area contributed by atoms with Crippen LogP contribution in [-0.2, 0) is 6.18 Å². The molecule has 6 nitrogen and oxygen atoms in total. The molecule has 4 aromatic rings. The lowest BCUT2D eigenvalue weighted by Crippen LogP contribution is -2.26. The van der Waals surface area contributed by atoms with Gasteiger partial charge in [-0.2, -0.15) is 13.2 Å². The number of alkyl halides is 3. The van der Waals surface area contributed by atoms with E-state index in [0.717, 1.165) is 35.2 Å². The minimum Gasteiger partial charge on any atom is -0.395 e. The van der Waals surface area contributed by atoms with Crippen molar-refractivity contribution in [1.82, 2.24) is 14.5 Å². The normalized spacial score (nSPS) is 11.7. The molecule has 4 rings (SSSR count). The van der Waals surface area contributed by atoms with E-state index in [4.69, 9.17) is 0 Å². The second-order valence-corrected chi connectivity index (χ2v) is 9.70. The van der Waals surface area contributed by atoms with Gasteiger partial charge in [0.2, 0.25) is 0 Å². The number of hydrogen-bond donors (Lipinski definition) is 2. The maximum atomic E-state index is 14.1. The second-order valence-electron chi connectivity index (χ2n) is 8.50. The van der Waals surface area contributed by atoms with Gasteiger partial charge in [-0.1, -0.05) is 6.07 Å². The van der Waals surface area contributed by atoms with Gasteiger partial charge in [-0.05, 0) is 63.6 Å². The van der Waals surface area contributed by atoms with E-state index >= 15 is 0 Å². The molecule has 2 N–H and O–H groups in total. The van der Waals surface area contributed by atoms with Gasteiger partial charge in [-0.3, -0.25) is 0 Å². The van der Waals surface area contributed by atoms with Gasteiger partial charge in [0.1, 0.15) is 0 Å². The molecule has 10 heteroatoms. The average Bonchev–Trinajstić information content (AvgIpc) is 3.43. The summed E-state index contributed by atoms with van der Waals surface area (Å²) in [5.74, 6) is 0. The summed E-state index contributed by atoms with van der Waals surface area (Å²) >= 11 is 1.31. The van der Waals surface area contributed by atoms with E-state index in [9.17, 15) is 18.3 Å². The van der Waals surface area contributed by atoms with Gasteiger partial charge in [0.05, 0.1) is 29.9 Å². The van der Waals surface area contributed by atoms with Crippen molar-refractivity contribution in [1.29, 1.82) is 0 Å². The number of likely N-dealkylation sites (N-methyl/N-ethyl adjacent to an activating group) is 1. The maximum Gasteiger partial charge on any atom is 0.417 e. The number of rotatable bonds is 8. The third-order valence-electron chi connectivity index (χ3n) is 5.94. The minimum atomic E-state index is -4.54. The molecule has 0 spiro atoms. The summed E-state index contributed by atoms with van der Waals surface area (Å²) in [4.78, 5) is 11.4. The Bertz CT molecular complexity index is 1360. The Morgan fingerprint density at radius 2 is 1.89 bits per heavy atom. The lowest BCUT2D eigenvalue weighted by molar-refractivity contribution is -0.137. The number of nitrogens with one attached hydrogen (secondary N) is 1. The standard InChI is InChI=1S/C26H28F3N5OS/c1-5-33(10-11-35)19-7-9-23(16(2)12-19)31-25-32-24(18(4)36-25)21-8-6-20(13-22(21)26(27,28)29)34-14-17(3)30-15-34/h6-9,12-15,35H,5,10-11H2,1-4H3,(H,31,32). The van der Waals surface area contributed by atoms with E-state index in [2.05, 4.69) is 20.2 Å². The van der Waals surface area contributed by atoms with Gasteiger partial charge in [0.15, 0.2) is 5.13 Å². The van der Waals surface area contributed by atoms with Crippen LogP contribution >= 0.6 is 11.3 Å². The Balaban J connectivity index is 1.66. The van der Waals surface area contributed by atoms with Crippen LogP contribution < -0.4 is 10.2 Å². The summed E-state index contributed by atoms with van der Waals surface area (Å²) in [5.41, 5.74) is 3.49. The number of hydrogen-bond acceptors (Lipinski definition) is 6. The van der Waals surface area contributed by atoms with E-state index in [1.165, 1.54) is 23.7 Å². The van der Waals surface area contributed by atoms with Gasteiger partial charge < -0.3 is 19.9 Å². The van der Waals surface area contributed by atoms with Crippen LogP contribution in [0.3, 0.4) is 0 Å². The summed E-state index contributed by atoms with van der Waals surface area (Å²) in [6, 6.07) is 10.1. The number of halogens is 3. The lowest BCUT2D eigenvalue weighted by Gasteiger charge is -2.23. The zero-order valence-electron chi connectivity index (χ0n) is 20.5. The highest BCUT2D eigenvalue weighted by atomic mass is 32.1. The third kappa shape index (κ3) is 5.39. The quantitative estimate of drug-likeness (QED) is 0.280. The molecule has 190 valence electrons. The lowest BCUT2D eigenvalue weighted by atomic mass is 10.0. The second kappa shape index (κ2) is 10.3. The number of benzene rings is 2. The van der Waals surface area contributed by atoms with Crippen molar-refractivity contribution in [3.8, 4) is 16.9 Å². The van der Waals surface area contributed by atoms with E-state index < -0.39 is 11.7 Å². The van der Waals surface area contributed by atoms with Gasteiger partial charge in [-0.25, -0.2) is 9.97 Å². The zero-order valence-corrected chi connectivity index (χ0v) is 21.3. The molecule has 0 atom stereocenters. The summed E-state index contributed by atoms with van der Waals surface area (Å²) in [6.07, 6.45) is -1.36. The Morgan fingerprint density at radius 3 is 2.50 bits per heavy atom. The number of imidazole rings is 1. The van der Waals surface area contributed by atoms with Crippen LogP contribution in [0.5, 0.6) is 0 Å². The van der Waals surface area contributed by atoms with E-state index in [1.54, 1.807) is 30.7 Å². The first-order valence-corrected chi connectivity index (χ1v) is 12.4. The highest BCUT2D eigenvalue weighted by molar-refractivity contribution is 7.16. The molecule has 36 heavy (non-hydrogen) atoms. The van der Waals surface area contributed by atoms with Crippen LogP contribution in [0.1, 0.15) is 28.6 Å².